The fourth-order valence-corrected chi connectivity index (χ4v) is 3.31. The molecule has 0 aromatic carbocycles. The van der Waals surface area contributed by atoms with Crippen LogP contribution < -0.4 is 4.90 Å². The molecule has 0 saturated carbocycles. The number of carboxylic acid groups (broad SMARTS) is 1. The van der Waals surface area contributed by atoms with Gasteiger partial charge in [-0.05, 0) is 26.8 Å². The van der Waals surface area contributed by atoms with Crippen molar-refractivity contribution in [1.82, 2.24) is 4.98 Å². The lowest BCUT2D eigenvalue weighted by molar-refractivity contribution is 0.0697. The lowest BCUT2D eigenvalue weighted by atomic mass is 10.1. The van der Waals surface area contributed by atoms with E-state index in [1.807, 2.05) is 24.8 Å². The first-order chi connectivity index (χ1) is 8.39. The van der Waals surface area contributed by atoms with E-state index in [1.165, 1.54) is 6.20 Å². The maximum absolute atomic E-state index is 11.3. The number of carboxylic acids is 1. The first-order valence-corrected chi connectivity index (χ1v) is 6.96. The number of thioether (sulfide) groups is 1. The quantitative estimate of drug-likeness (QED) is 0.891. The summed E-state index contributed by atoms with van der Waals surface area (Å²) in [6.07, 6.45) is 1.46. The number of anilines is 1. The van der Waals surface area contributed by atoms with Crippen LogP contribution in [0.1, 0.15) is 29.9 Å². The van der Waals surface area contributed by atoms with Crippen LogP contribution in [0.5, 0.6) is 0 Å². The van der Waals surface area contributed by atoms with Gasteiger partial charge in [0.05, 0.1) is 5.69 Å². The molecular formula is C13H18N2O2S. The van der Waals surface area contributed by atoms with E-state index in [9.17, 15) is 9.90 Å². The van der Waals surface area contributed by atoms with Crippen molar-refractivity contribution in [3.63, 3.8) is 0 Å². The molecule has 1 aromatic rings. The van der Waals surface area contributed by atoms with E-state index in [1.54, 1.807) is 0 Å². The Morgan fingerprint density at radius 1 is 1.56 bits per heavy atom. The van der Waals surface area contributed by atoms with Crippen molar-refractivity contribution < 1.29 is 9.90 Å². The summed E-state index contributed by atoms with van der Waals surface area (Å²) in [6, 6.07) is 1.87. The van der Waals surface area contributed by atoms with Crippen molar-refractivity contribution in [2.24, 2.45) is 0 Å². The third kappa shape index (κ3) is 2.77. The van der Waals surface area contributed by atoms with E-state index in [4.69, 9.17) is 0 Å². The van der Waals surface area contributed by atoms with Crippen molar-refractivity contribution in [3.8, 4) is 0 Å². The lowest BCUT2D eigenvalue weighted by Gasteiger charge is -2.39. The molecule has 1 aromatic heterocycles. The van der Waals surface area contributed by atoms with Crippen LogP contribution in [0.25, 0.3) is 0 Å². The summed E-state index contributed by atoms with van der Waals surface area (Å²) < 4.78 is 0.158. The zero-order valence-corrected chi connectivity index (χ0v) is 11.8. The molecule has 0 unspecified atom stereocenters. The van der Waals surface area contributed by atoms with Gasteiger partial charge in [-0.15, -0.1) is 0 Å². The summed E-state index contributed by atoms with van der Waals surface area (Å²) >= 11 is 1.93. The second-order valence-electron chi connectivity index (χ2n) is 5.18. The van der Waals surface area contributed by atoms with E-state index in [-0.39, 0.29) is 4.75 Å². The van der Waals surface area contributed by atoms with Crippen LogP contribution in [0.3, 0.4) is 0 Å². The minimum atomic E-state index is -0.909. The number of pyridine rings is 1. The Bertz CT molecular complexity index is 474. The molecule has 1 aliphatic rings. The molecule has 2 rings (SSSR count). The molecule has 1 N–H and O–H groups in total. The number of aryl methyl sites for hydroxylation is 1. The molecule has 0 bridgehead atoms. The highest BCUT2D eigenvalue weighted by atomic mass is 32.2. The minimum Gasteiger partial charge on any atom is -0.478 e. The average molecular weight is 266 g/mol. The van der Waals surface area contributed by atoms with Crippen molar-refractivity contribution in [2.45, 2.75) is 25.5 Å². The molecule has 2 heterocycles. The Balaban J connectivity index is 2.37. The molecule has 0 aliphatic carbocycles. The molecule has 1 aliphatic heterocycles. The molecule has 0 spiro atoms. The van der Waals surface area contributed by atoms with Gasteiger partial charge in [-0.2, -0.15) is 11.8 Å². The molecule has 18 heavy (non-hydrogen) atoms. The molecule has 98 valence electrons. The Morgan fingerprint density at radius 3 is 2.89 bits per heavy atom. The zero-order valence-electron chi connectivity index (χ0n) is 10.9. The van der Waals surface area contributed by atoms with Gasteiger partial charge in [0.1, 0.15) is 5.56 Å². The molecular weight excluding hydrogens is 248 g/mol. The predicted molar refractivity (Wildman–Crippen MR) is 74.7 cm³/mol. The normalized spacial score (nSPS) is 18.7. The van der Waals surface area contributed by atoms with Crippen LogP contribution in [-0.2, 0) is 0 Å². The molecule has 1 saturated heterocycles. The Kier molecular flexibility index (Phi) is 3.52. The number of carbonyl (C=O) groups is 1. The number of hydrogen-bond acceptors (Lipinski definition) is 4. The zero-order chi connectivity index (χ0) is 13.3. The fourth-order valence-electron chi connectivity index (χ4n) is 2.19. The highest BCUT2D eigenvalue weighted by molar-refractivity contribution is 8.00. The number of hydrogen-bond donors (Lipinski definition) is 1. The van der Waals surface area contributed by atoms with Gasteiger partial charge in [-0.1, -0.05) is 0 Å². The van der Waals surface area contributed by atoms with E-state index in [0.717, 1.165) is 30.2 Å². The number of aromatic nitrogens is 1. The Hall–Kier alpha value is -1.23. The topological polar surface area (TPSA) is 53.4 Å². The van der Waals surface area contributed by atoms with Crippen LogP contribution in [0, 0.1) is 6.92 Å². The smallest absolute Gasteiger partial charge is 0.339 e. The molecule has 1 fully saturated rings. The second kappa shape index (κ2) is 4.80. The van der Waals surface area contributed by atoms with Gasteiger partial charge >= 0.3 is 5.97 Å². The first-order valence-electron chi connectivity index (χ1n) is 5.98. The molecule has 5 heteroatoms. The summed E-state index contributed by atoms with van der Waals surface area (Å²) in [5, 5.41) is 9.25. The molecule has 0 radical (unpaired) electrons. The highest BCUT2D eigenvalue weighted by Crippen LogP contribution is 2.33. The van der Waals surface area contributed by atoms with Crippen molar-refractivity contribution in [2.75, 3.05) is 23.7 Å². The first kappa shape index (κ1) is 13.2. The highest BCUT2D eigenvalue weighted by Gasteiger charge is 2.29. The monoisotopic (exact) mass is 266 g/mol. The summed E-state index contributed by atoms with van der Waals surface area (Å²) in [6.45, 7) is 8.02. The van der Waals surface area contributed by atoms with E-state index in [2.05, 4.69) is 23.7 Å². The van der Waals surface area contributed by atoms with Gasteiger partial charge < -0.3 is 10.0 Å². The largest absolute Gasteiger partial charge is 0.478 e. The second-order valence-corrected chi connectivity index (χ2v) is 6.98. The van der Waals surface area contributed by atoms with E-state index in [0.29, 0.717) is 5.56 Å². The van der Waals surface area contributed by atoms with Gasteiger partial charge in [0.15, 0.2) is 0 Å². The van der Waals surface area contributed by atoms with Gasteiger partial charge in [0.25, 0.3) is 0 Å². The minimum absolute atomic E-state index is 0.158. The van der Waals surface area contributed by atoms with Gasteiger partial charge in [0.2, 0.25) is 0 Å². The summed E-state index contributed by atoms with van der Waals surface area (Å²) in [5.74, 6) is 0.112. The molecule has 4 nitrogen and oxygen atoms in total. The van der Waals surface area contributed by atoms with E-state index >= 15 is 0 Å². The maximum Gasteiger partial charge on any atom is 0.339 e. The van der Waals surface area contributed by atoms with Gasteiger partial charge in [-0.25, -0.2) is 4.79 Å². The van der Waals surface area contributed by atoms with Gasteiger partial charge in [-0.3, -0.25) is 4.98 Å². The number of aromatic carboxylic acids is 1. The number of nitrogens with zero attached hydrogens (tertiary/aromatic N) is 2. The van der Waals surface area contributed by atoms with Crippen molar-refractivity contribution in [3.05, 3.63) is 23.5 Å². The SMILES string of the molecule is Cc1cc(N2CCSC(C)(C)C2)c(C(=O)O)cn1. The van der Waals surface area contributed by atoms with E-state index < -0.39 is 5.97 Å². The maximum atomic E-state index is 11.3. The van der Waals surface area contributed by atoms with Crippen LogP contribution in [0.2, 0.25) is 0 Å². The average Bonchev–Trinajstić information content (AvgIpc) is 2.27. The van der Waals surface area contributed by atoms with Crippen molar-refractivity contribution in [1.29, 1.82) is 0 Å². The molecule has 0 atom stereocenters. The predicted octanol–water partition coefficient (Wildman–Crippen LogP) is 2.42. The Labute approximate surface area is 111 Å². The van der Waals surface area contributed by atoms with Crippen molar-refractivity contribution >= 4 is 23.4 Å². The van der Waals surface area contributed by atoms with Crippen LogP contribution in [-0.4, -0.2) is 39.6 Å². The summed E-state index contributed by atoms with van der Waals surface area (Å²) in [7, 11) is 0. The van der Waals surface area contributed by atoms with Crippen LogP contribution in [0.15, 0.2) is 12.3 Å². The number of rotatable bonds is 2. The third-order valence-electron chi connectivity index (χ3n) is 3.02. The lowest BCUT2D eigenvalue weighted by Crippen LogP contribution is -2.43. The van der Waals surface area contributed by atoms with Crippen LogP contribution >= 0.6 is 11.8 Å². The molecule has 0 amide bonds. The fraction of sp³-hybridized carbons (Fsp3) is 0.538. The summed E-state index contributed by atoms with van der Waals surface area (Å²) in [5.41, 5.74) is 1.94. The Morgan fingerprint density at radius 2 is 2.28 bits per heavy atom. The van der Waals surface area contributed by atoms with Crippen LogP contribution in [0.4, 0.5) is 5.69 Å². The van der Waals surface area contributed by atoms with Gasteiger partial charge in [0, 0.05) is 35.5 Å². The summed E-state index contributed by atoms with van der Waals surface area (Å²) in [4.78, 5) is 17.5. The third-order valence-corrected chi connectivity index (χ3v) is 4.31. The standard InChI is InChI=1S/C13H18N2O2S/c1-9-6-11(10(7-14-9)12(16)17)15-4-5-18-13(2,3)8-15/h6-7H,4-5,8H2,1-3H3,(H,16,17).